The van der Waals surface area contributed by atoms with Crippen LogP contribution in [0.4, 0.5) is 0 Å². The van der Waals surface area contributed by atoms with Crippen LogP contribution in [0, 0.1) is 0 Å². The first kappa shape index (κ1) is 20.1. The van der Waals surface area contributed by atoms with Crippen LogP contribution < -0.4 is 0 Å². The van der Waals surface area contributed by atoms with Gasteiger partial charge in [-0.1, -0.05) is 51.4 Å². The molecule has 0 aromatic rings. The molecule has 2 heterocycles. The van der Waals surface area contributed by atoms with Crippen molar-refractivity contribution in [3.05, 3.63) is 0 Å². The van der Waals surface area contributed by atoms with Gasteiger partial charge in [-0.15, -0.1) is 47.0 Å². The first-order valence-electron chi connectivity index (χ1n) is 10.4. The second-order valence-electron chi connectivity index (χ2n) is 7.75. The minimum absolute atomic E-state index is 0.577. The SMILES string of the molecule is C1CCCCCC2(CCC3(CCCC1)SCCCS3)SCCCS2. The van der Waals surface area contributed by atoms with Crippen molar-refractivity contribution < 1.29 is 0 Å². The molecule has 2 saturated heterocycles. The number of hydrogen-bond donors (Lipinski definition) is 0. The monoisotopic (exact) mass is 404 g/mol. The van der Waals surface area contributed by atoms with E-state index in [0.29, 0.717) is 8.16 Å². The van der Waals surface area contributed by atoms with Crippen molar-refractivity contribution >= 4 is 47.0 Å². The van der Waals surface area contributed by atoms with Crippen molar-refractivity contribution in [1.82, 2.24) is 0 Å². The molecule has 3 fully saturated rings. The van der Waals surface area contributed by atoms with Gasteiger partial charge in [0.25, 0.3) is 0 Å². The number of thioether (sulfide) groups is 4. The molecule has 1 aliphatic carbocycles. The molecule has 0 radical (unpaired) electrons. The summed E-state index contributed by atoms with van der Waals surface area (Å²) in [6.07, 6.45) is 20.7. The van der Waals surface area contributed by atoms with E-state index in [9.17, 15) is 0 Å². The van der Waals surface area contributed by atoms with Crippen molar-refractivity contribution in [1.29, 1.82) is 0 Å². The summed E-state index contributed by atoms with van der Waals surface area (Å²) in [7, 11) is 0. The zero-order valence-corrected chi connectivity index (χ0v) is 18.6. The fraction of sp³-hybridized carbons (Fsp3) is 1.00. The lowest BCUT2D eigenvalue weighted by Crippen LogP contribution is -2.31. The molecular formula is C20H36S4. The lowest BCUT2D eigenvalue weighted by molar-refractivity contribution is 0.490. The van der Waals surface area contributed by atoms with E-state index < -0.39 is 0 Å². The maximum Gasteiger partial charge on any atom is 0.0611 e. The summed E-state index contributed by atoms with van der Waals surface area (Å²) < 4.78 is 1.15. The number of hydrogen-bond acceptors (Lipinski definition) is 4. The lowest BCUT2D eigenvalue weighted by atomic mass is 10.00. The van der Waals surface area contributed by atoms with Crippen LogP contribution in [0.1, 0.15) is 89.9 Å². The molecule has 0 aromatic heterocycles. The van der Waals surface area contributed by atoms with Crippen LogP contribution in [0.15, 0.2) is 0 Å². The van der Waals surface area contributed by atoms with Gasteiger partial charge < -0.3 is 0 Å². The van der Waals surface area contributed by atoms with Gasteiger partial charge in [-0.2, -0.15) is 0 Å². The first-order valence-corrected chi connectivity index (χ1v) is 14.3. The molecule has 0 aromatic carbocycles. The second-order valence-corrected chi connectivity index (χ2v) is 14.2. The van der Waals surface area contributed by atoms with Crippen LogP contribution in [0.3, 0.4) is 0 Å². The Hall–Kier alpha value is 1.40. The van der Waals surface area contributed by atoms with Crippen LogP contribution in [-0.2, 0) is 0 Å². The summed E-state index contributed by atoms with van der Waals surface area (Å²) in [6, 6.07) is 0. The maximum absolute atomic E-state index is 2.34. The summed E-state index contributed by atoms with van der Waals surface area (Å²) in [5, 5.41) is 0. The van der Waals surface area contributed by atoms with Gasteiger partial charge in [0, 0.05) is 0 Å². The Morgan fingerprint density at radius 1 is 0.333 bits per heavy atom. The molecule has 0 N–H and O–H groups in total. The normalized spacial score (nSPS) is 30.0. The predicted molar refractivity (Wildman–Crippen MR) is 120 cm³/mol. The maximum atomic E-state index is 2.34. The molecule has 0 atom stereocenters. The quantitative estimate of drug-likeness (QED) is 0.403. The third kappa shape index (κ3) is 6.23. The molecule has 2 spiro atoms. The highest BCUT2D eigenvalue weighted by Gasteiger charge is 2.39. The van der Waals surface area contributed by atoms with E-state index in [4.69, 9.17) is 0 Å². The van der Waals surface area contributed by atoms with Gasteiger partial charge >= 0.3 is 0 Å². The lowest BCUT2D eigenvalue weighted by Gasteiger charge is -2.42. The van der Waals surface area contributed by atoms with E-state index in [1.54, 1.807) is 0 Å². The molecule has 0 unspecified atom stereocenters. The summed E-state index contributed by atoms with van der Waals surface area (Å²) in [5.41, 5.74) is 0. The Morgan fingerprint density at radius 2 is 0.667 bits per heavy atom. The Labute approximate surface area is 167 Å². The second kappa shape index (κ2) is 10.7. The Bertz CT molecular complexity index is 312. The Balaban J connectivity index is 1.65. The topological polar surface area (TPSA) is 0 Å². The molecule has 3 rings (SSSR count). The molecule has 0 bridgehead atoms. The Morgan fingerprint density at radius 3 is 1.04 bits per heavy atom. The highest BCUT2D eigenvalue weighted by Crippen LogP contribution is 2.55. The van der Waals surface area contributed by atoms with Gasteiger partial charge in [0.05, 0.1) is 8.16 Å². The van der Waals surface area contributed by atoms with Gasteiger partial charge in [0.2, 0.25) is 0 Å². The van der Waals surface area contributed by atoms with E-state index in [2.05, 4.69) is 47.0 Å². The van der Waals surface area contributed by atoms with E-state index in [1.165, 1.54) is 113 Å². The predicted octanol–water partition coefficient (Wildman–Crippen LogP) is 7.81. The van der Waals surface area contributed by atoms with Crippen LogP contribution in [0.2, 0.25) is 0 Å². The summed E-state index contributed by atoms with van der Waals surface area (Å²) in [5.74, 6) is 5.67. The fourth-order valence-corrected chi connectivity index (χ4v) is 11.1. The smallest absolute Gasteiger partial charge is 0.0611 e. The third-order valence-electron chi connectivity index (χ3n) is 5.79. The minimum Gasteiger partial charge on any atom is -0.144 e. The van der Waals surface area contributed by atoms with Crippen LogP contribution in [-0.4, -0.2) is 31.2 Å². The van der Waals surface area contributed by atoms with Gasteiger partial charge in [-0.05, 0) is 61.5 Å². The van der Waals surface area contributed by atoms with Crippen molar-refractivity contribution in [2.45, 2.75) is 98.0 Å². The van der Waals surface area contributed by atoms with E-state index in [1.807, 2.05) is 0 Å². The fourth-order valence-electron chi connectivity index (χ4n) is 4.29. The standard InChI is InChI=1S/C20H36S4/c1-2-4-6-8-12-20(23-17-10-18-24-20)14-13-19(11-7-5-3-1)21-15-9-16-22-19/h1-18H2. The molecule has 2 aliphatic heterocycles. The molecule has 24 heavy (non-hydrogen) atoms. The van der Waals surface area contributed by atoms with Crippen molar-refractivity contribution in [3.63, 3.8) is 0 Å². The van der Waals surface area contributed by atoms with E-state index >= 15 is 0 Å². The first-order chi connectivity index (χ1) is 11.8. The molecule has 0 nitrogen and oxygen atoms in total. The molecule has 3 aliphatic rings. The molecule has 1 saturated carbocycles. The van der Waals surface area contributed by atoms with Crippen LogP contribution in [0.25, 0.3) is 0 Å². The van der Waals surface area contributed by atoms with Crippen LogP contribution >= 0.6 is 47.0 Å². The molecule has 4 heteroatoms. The zero-order valence-electron chi connectivity index (χ0n) is 15.4. The van der Waals surface area contributed by atoms with Crippen molar-refractivity contribution in [2.75, 3.05) is 23.0 Å². The summed E-state index contributed by atoms with van der Waals surface area (Å²) in [6.45, 7) is 0. The minimum atomic E-state index is 0.577. The van der Waals surface area contributed by atoms with Gasteiger partial charge in [0.1, 0.15) is 0 Å². The van der Waals surface area contributed by atoms with E-state index in [0.717, 1.165) is 0 Å². The molecular weight excluding hydrogens is 368 g/mol. The van der Waals surface area contributed by atoms with Crippen molar-refractivity contribution in [3.8, 4) is 0 Å². The van der Waals surface area contributed by atoms with Crippen LogP contribution in [0.5, 0.6) is 0 Å². The van der Waals surface area contributed by atoms with Gasteiger partial charge in [-0.25, -0.2) is 0 Å². The van der Waals surface area contributed by atoms with Gasteiger partial charge in [0.15, 0.2) is 0 Å². The molecule has 0 amide bonds. The zero-order chi connectivity index (χ0) is 16.6. The van der Waals surface area contributed by atoms with E-state index in [-0.39, 0.29) is 0 Å². The highest BCUT2D eigenvalue weighted by atomic mass is 32.2. The number of rotatable bonds is 0. The largest absolute Gasteiger partial charge is 0.144 e. The van der Waals surface area contributed by atoms with Crippen molar-refractivity contribution in [2.24, 2.45) is 0 Å². The average molecular weight is 405 g/mol. The average Bonchev–Trinajstić information content (AvgIpc) is 2.63. The summed E-state index contributed by atoms with van der Waals surface area (Å²) in [4.78, 5) is 0. The Kier molecular flexibility index (Phi) is 8.95. The summed E-state index contributed by atoms with van der Waals surface area (Å²) >= 11 is 9.35. The third-order valence-corrected chi connectivity index (χ3v) is 12.9. The van der Waals surface area contributed by atoms with Gasteiger partial charge in [-0.3, -0.25) is 0 Å². The molecule has 140 valence electrons. The highest BCUT2D eigenvalue weighted by molar-refractivity contribution is 8.19.